The van der Waals surface area contributed by atoms with Crippen molar-refractivity contribution in [2.45, 2.75) is 19.3 Å². The number of halogens is 1. The van der Waals surface area contributed by atoms with Crippen molar-refractivity contribution in [3.8, 4) is 11.5 Å². The number of carbonyl (C=O) groups excluding carboxylic acids is 1. The van der Waals surface area contributed by atoms with Crippen molar-refractivity contribution in [1.82, 2.24) is 5.32 Å². The number of hydrogen-bond donors (Lipinski definition) is 2. The first-order valence-electron chi connectivity index (χ1n) is 9.68. The number of carbonyl (C=O) groups is 1. The van der Waals surface area contributed by atoms with E-state index in [4.69, 9.17) is 9.47 Å². The normalized spacial score (nSPS) is 19.4. The van der Waals surface area contributed by atoms with Gasteiger partial charge in [-0.2, -0.15) is 0 Å². The lowest BCUT2D eigenvalue weighted by atomic mass is 9.92. The monoisotopic (exact) mass is 402 g/mol. The van der Waals surface area contributed by atoms with Crippen LogP contribution in [0.5, 0.6) is 11.5 Å². The summed E-state index contributed by atoms with van der Waals surface area (Å²) in [5.74, 6) is 1.76. The van der Waals surface area contributed by atoms with E-state index in [-0.39, 0.29) is 29.6 Å². The second-order valence-electron chi connectivity index (χ2n) is 7.36. The fourth-order valence-corrected chi connectivity index (χ4v) is 3.94. The minimum Gasteiger partial charge on any atom is -0.490 e. The molecule has 1 spiro atoms. The number of rotatable bonds is 7. The van der Waals surface area contributed by atoms with E-state index < -0.39 is 0 Å². The van der Waals surface area contributed by atoms with Gasteiger partial charge in [-0.15, -0.1) is 12.4 Å². The summed E-state index contributed by atoms with van der Waals surface area (Å²) in [6.45, 7) is 2.90. The maximum atomic E-state index is 12.7. The van der Waals surface area contributed by atoms with E-state index in [0.717, 1.165) is 43.8 Å². The molecule has 1 unspecified atom stereocenters. The third kappa shape index (κ3) is 4.78. The molecule has 1 saturated heterocycles. The van der Waals surface area contributed by atoms with Gasteiger partial charge in [0.25, 0.3) is 0 Å². The Labute approximate surface area is 172 Å². The molecule has 1 heterocycles. The van der Waals surface area contributed by atoms with Crippen molar-refractivity contribution >= 4 is 24.0 Å². The molecule has 28 heavy (non-hydrogen) atoms. The van der Waals surface area contributed by atoms with Crippen molar-refractivity contribution in [3.63, 3.8) is 0 Å². The molecule has 2 aliphatic rings. The lowest BCUT2D eigenvalue weighted by Crippen LogP contribution is -2.31. The van der Waals surface area contributed by atoms with E-state index in [0.29, 0.717) is 19.0 Å². The van der Waals surface area contributed by atoms with E-state index in [1.807, 2.05) is 54.6 Å². The second kappa shape index (κ2) is 9.30. The third-order valence-electron chi connectivity index (χ3n) is 5.60. The van der Waals surface area contributed by atoms with Gasteiger partial charge in [-0.3, -0.25) is 4.79 Å². The molecule has 2 fully saturated rings. The van der Waals surface area contributed by atoms with Gasteiger partial charge in [-0.25, -0.2) is 0 Å². The van der Waals surface area contributed by atoms with Crippen LogP contribution in [0.4, 0.5) is 5.69 Å². The average Bonchev–Trinajstić information content (AvgIpc) is 3.40. The zero-order valence-electron chi connectivity index (χ0n) is 15.9. The quantitative estimate of drug-likeness (QED) is 0.690. The lowest BCUT2D eigenvalue weighted by molar-refractivity contribution is -0.118. The first-order chi connectivity index (χ1) is 13.3. The number of nitrogens with one attached hydrogen (secondary N) is 2. The van der Waals surface area contributed by atoms with Crippen LogP contribution >= 0.6 is 12.4 Å². The second-order valence-corrected chi connectivity index (χ2v) is 7.36. The van der Waals surface area contributed by atoms with Crippen LogP contribution in [0.25, 0.3) is 0 Å². The fourth-order valence-electron chi connectivity index (χ4n) is 3.94. The van der Waals surface area contributed by atoms with Crippen LogP contribution in [0.3, 0.4) is 0 Å². The van der Waals surface area contributed by atoms with Crippen molar-refractivity contribution < 1.29 is 14.3 Å². The van der Waals surface area contributed by atoms with Gasteiger partial charge >= 0.3 is 0 Å². The van der Waals surface area contributed by atoms with Crippen molar-refractivity contribution in [1.29, 1.82) is 0 Å². The molecule has 1 atom stereocenters. The molecule has 5 nitrogen and oxygen atoms in total. The highest BCUT2D eigenvalue weighted by Gasteiger charge is 2.57. The Bertz CT molecular complexity index is 778. The van der Waals surface area contributed by atoms with Crippen LogP contribution in [0, 0.1) is 11.3 Å². The molecule has 1 aliphatic heterocycles. The molecule has 0 aromatic heterocycles. The minimum absolute atomic E-state index is 0. The number of anilines is 1. The van der Waals surface area contributed by atoms with Gasteiger partial charge < -0.3 is 20.1 Å². The molecule has 6 heteroatoms. The van der Waals surface area contributed by atoms with E-state index in [9.17, 15) is 4.79 Å². The highest BCUT2D eigenvalue weighted by molar-refractivity contribution is 5.96. The minimum atomic E-state index is 0. The zero-order valence-corrected chi connectivity index (χ0v) is 16.7. The molecule has 2 N–H and O–H groups in total. The molecule has 0 radical (unpaired) electrons. The van der Waals surface area contributed by atoms with Crippen LogP contribution in [0.15, 0.2) is 54.6 Å². The predicted octanol–water partition coefficient (Wildman–Crippen LogP) is 3.89. The van der Waals surface area contributed by atoms with Crippen LogP contribution in [0.2, 0.25) is 0 Å². The molecular weight excluding hydrogens is 376 g/mol. The Balaban J connectivity index is 0.00000225. The van der Waals surface area contributed by atoms with E-state index >= 15 is 0 Å². The molecule has 2 aromatic carbocycles. The first kappa shape index (κ1) is 20.5. The molecule has 2 aromatic rings. The van der Waals surface area contributed by atoms with Crippen molar-refractivity contribution in [2.75, 3.05) is 31.6 Å². The highest BCUT2D eigenvalue weighted by Crippen LogP contribution is 2.58. The molecule has 4 rings (SSSR count). The lowest BCUT2D eigenvalue weighted by Gasteiger charge is -2.23. The fraction of sp³-hybridized carbons (Fsp3) is 0.409. The molecule has 1 aliphatic carbocycles. The number of amides is 1. The Morgan fingerprint density at radius 3 is 2.46 bits per heavy atom. The summed E-state index contributed by atoms with van der Waals surface area (Å²) < 4.78 is 11.5. The molecule has 1 amide bonds. The van der Waals surface area contributed by atoms with Gasteiger partial charge in [0.05, 0.1) is 5.69 Å². The summed E-state index contributed by atoms with van der Waals surface area (Å²) in [5.41, 5.74) is 0.965. The molecular formula is C22H27ClN2O3. The van der Waals surface area contributed by atoms with Gasteiger partial charge in [0.15, 0.2) is 0 Å². The third-order valence-corrected chi connectivity index (χ3v) is 5.60. The van der Waals surface area contributed by atoms with Crippen LogP contribution < -0.4 is 20.1 Å². The largest absolute Gasteiger partial charge is 0.490 e. The van der Waals surface area contributed by atoms with E-state index in [1.54, 1.807) is 0 Å². The smallest absolute Gasteiger partial charge is 0.228 e. The summed E-state index contributed by atoms with van der Waals surface area (Å²) >= 11 is 0. The summed E-state index contributed by atoms with van der Waals surface area (Å²) in [4.78, 5) is 12.7. The Hall–Kier alpha value is -2.24. The highest BCUT2D eigenvalue weighted by atomic mass is 35.5. The number of ether oxygens (including phenoxy) is 2. The maximum absolute atomic E-state index is 12.7. The number of benzene rings is 2. The van der Waals surface area contributed by atoms with Crippen LogP contribution in [-0.4, -0.2) is 32.2 Å². The van der Waals surface area contributed by atoms with E-state index in [2.05, 4.69) is 10.6 Å². The molecule has 150 valence electrons. The summed E-state index contributed by atoms with van der Waals surface area (Å²) in [6, 6.07) is 17.3. The summed E-state index contributed by atoms with van der Waals surface area (Å²) in [7, 11) is 0. The van der Waals surface area contributed by atoms with Gasteiger partial charge in [-0.05, 0) is 62.0 Å². The maximum Gasteiger partial charge on any atom is 0.228 e. The summed E-state index contributed by atoms with van der Waals surface area (Å²) in [6.07, 6.45) is 3.20. The first-order valence-corrected chi connectivity index (χ1v) is 9.68. The molecule has 0 bridgehead atoms. The zero-order chi connectivity index (χ0) is 18.5. The van der Waals surface area contributed by atoms with Gasteiger partial charge in [-0.1, -0.05) is 30.3 Å². The number of hydrogen-bond acceptors (Lipinski definition) is 4. The number of para-hydroxylation sites is 3. The predicted molar refractivity (Wildman–Crippen MR) is 112 cm³/mol. The average molecular weight is 403 g/mol. The molecule has 1 saturated carbocycles. The van der Waals surface area contributed by atoms with Gasteiger partial charge in [0, 0.05) is 5.92 Å². The standard InChI is InChI=1S/C22H26N2O3.ClH/c25-21(18-16-22(18)10-12-23-13-11-22)24-19-8-4-5-9-20(19)27-15-14-26-17-6-2-1-3-7-17;/h1-9,18,23H,10-16H2,(H,24,25);1H. The Morgan fingerprint density at radius 2 is 1.68 bits per heavy atom. The Kier molecular flexibility index (Phi) is 6.81. The van der Waals surface area contributed by atoms with E-state index in [1.165, 1.54) is 0 Å². The van der Waals surface area contributed by atoms with Crippen LogP contribution in [0.1, 0.15) is 19.3 Å². The number of piperidine rings is 1. The van der Waals surface area contributed by atoms with Crippen molar-refractivity contribution in [2.24, 2.45) is 11.3 Å². The van der Waals surface area contributed by atoms with Crippen LogP contribution in [-0.2, 0) is 4.79 Å². The topological polar surface area (TPSA) is 59.6 Å². The van der Waals surface area contributed by atoms with Gasteiger partial charge in [0.2, 0.25) is 5.91 Å². The Morgan fingerprint density at radius 1 is 1.00 bits per heavy atom. The van der Waals surface area contributed by atoms with Gasteiger partial charge in [0.1, 0.15) is 24.7 Å². The summed E-state index contributed by atoms with van der Waals surface area (Å²) in [5, 5.41) is 6.45. The van der Waals surface area contributed by atoms with Crippen molar-refractivity contribution in [3.05, 3.63) is 54.6 Å². The SMILES string of the molecule is Cl.O=C(Nc1ccccc1OCCOc1ccccc1)C1CC12CCNCC2.